The minimum atomic E-state index is -0.0828. The molecule has 0 aliphatic rings. The van der Waals surface area contributed by atoms with Crippen LogP contribution in [-0.2, 0) is 0 Å². The molecular weight excluding hydrogens is 198 g/mol. The lowest BCUT2D eigenvalue weighted by molar-refractivity contribution is 0.326. The minimum absolute atomic E-state index is 0.0136. The van der Waals surface area contributed by atoms with Crippen LogP contribution in [0.4, 0.5) is 0 Å². The van der Waals surface area contributed by atoms with Gasteiger partial charge in [-0.2, -0.15) is 0 Å². The van der Waals surface area contributed by atoms with Gasteiger partial charge < -0.3 is 10.8 Å². The Morgan fingerprint density at radius 3 is 2.36 bits per heavy atom. The van der Waals surface area contributed by atoms with Gasteiger partial charge in [-0.05, 0) is 23.1 Å². The predicted molar refractivity (Wildman–Crippen MR) is 59.5 cm³/mol. The van der Waals surface area contributed by atoms with Crippen molar-refractivity contribution in [3.8, 4) is 5.75 Å². The van der Waals surface area contributed by atoms with E-state index in [2.05, 4.69) is 20.8 Å². The molecule has 3 N–H and O–H groups in total. The molecule has 0 aliphatic heterocycles. The van der Waals surface area contributed by atoms with E-state index in [0.717, 1.165) is 5.56 Å². The number of phenols is 1. The van der Waals surface area contributed by atoms with E-state index in [1.165, 1.54) is 0 Å². The van der Waals surface area contributed by atoms with Crippen molar-refractivity contribution in [1.82, 2.24) is 0 Å². The van der Waals surface area contributed by atoms with Crippen molar-refractivity contribution in [2.24, 2.45) is 11.1 Å². The molecule has 14 heavy (non-hydrogen) atoms. The Morgan fingerprint density at radius 1 is 1.36 bits per heavy atom. The third-order valence-electron chi connectivity index (χ3n) is 2.26. The van der Waals surface area contributed by atoms with Gasteiger partial charge in [0.15, 0.2) is 0 Å². The van der Waals surface area contributed by atoms with Crippen molar-refractivity contribution in [3.63, 3.8) is 0 Å². The van der Waals surface area contributed by atoms with Crippen LogP contribution >= 0.6 is 11.6 Å². The van der Waals surface area contributed by atoms with Crippen LogP contribution in [0.25, 0.3) is 0 Å². The van der Waals surface area contributed by atoms with E-state index in [0.29, 0.717) is 5.02 Å². The van der Waals surface area contributed by atoms with E-state index in [9.17, 15) is 5.11 Å². The van der Waals surface area contributed by atoms with Gasteiger partial charge >= 0.3 is 0 Å². The number of halogens is 1. The van der Waals surface area contributed by atoms with Crippen molar-refractivity contribution in [1.29, 1.82) is 0 Å². The SMILES string of the molecule is CC(C)(C)C(N)c1ccc(O)c(Cl)c1. The largest absolute Gasteiger partial charge is 0.506 e. The van der Waals surface area contributed by atoms with E-state index in [4.69, 9.17) is 17.3 Å². The number of hydrogen-bond donors (Lipinski definition) is 2. The fourth-order valence-corrected chi connectivity index (χ4v) is 1.41. The number of aromatic hydroxyl groups is 1. The molecule has 0 aromatic heterocycles. The van der Waals surface area contributed by atoms with Gasteiger partial charge in [-0.3, -0.25) is 0 Å². The molecule has 0 saturated carbocycles. The summed E-state index contributed by atoms with van der Waals surface area (Å²) in [5.41, 5.74) is 6.98. The van der Waals surface area contributed by atoms with E-state index < -0.39 is 0 Å². The molecule has 0 fully saturated rings. The zero-order valence-electron chi connectivity index (χ0n) is 8.71. The summed E-state index contributed by atoms with van der Waals surface area (Å²) in [7, 11) is 0. The monoisotopic (exact) mass is 213 g/mol. The summed E-state index contributed by atoms with van der Waals surface area (Å²) >= 11 is 5.80. The van der Waals surface area contributed by atoms with Crippen LogP contribution in [-0.4, -0.2) is 5.11 Å². The molecular formula is C11H16ClNO. The highest BCUT2D eigenvalue weighted by Gasteiger charge is 2.22. The Hall–Kier alpha value is -0.730. The number of rotatable bonds is 1. The molecule has 0 spiro atoms. The second-order valence-electron chi connectivity index (χ2n) is 4.55. The third kappa shape index (κ3) is 2.40. The molecule has 3 heteroatoms. The van der Waals surface area contributed by atoms with Gasteiger partial charge in [0.2, 0.25) is 0 Å². The Kier molecular flexibility index (Phi) is 3.07. The van der Waals surface area contributed by atoms with Gasteiger partial charge in [0, 0.05) is 6.04 Å². The molecule has 1 atom stereocenters. The van der Waals surface area contributed by atoms with Crippen molar-refractivity contribution >= 4 is 11.6 Å². The van der Waals surface area contributed by atoms with Gasteiger partial charge in [-0.25, -0.2) is 0 Å². The fraction of sp³-hybridized carbons (Fsp3) is 0.455. The molecule has 0 bridgehead atoms. The number of phenolic OH excluding ortho intramolecular Hbond substituents is 1. The molecule has 0 aliphatic carbocycles. The summed E-state index contributed by atoms with van der Waals surface area (Å²) < 4.78 is 0. The lowest BCUT2D eigenvalue weighted by atomic mass is 9.83. The lowest BCUT2D eigenvalue weighted by Gasteiger charge is -2.27. The van der Waals surface area contributed by atoms with Crippen LogP contribution in [0.5, 0.6) is 5.75 Å². The highest BCUT2D eigenvalue weighted by Crippen LogP contribution is 2.33. The number of benzene rings is 1. The summed E-state index contributed by atoms with van der Waals surface area (Å²) in [5.74, 6) is 0.0940. The average Bonchev–Trinajstić information content (AvgIpc) is 2.07. The Morgan fingerprint density at radius 2 is 1.93 bits per heavy atom. The first-order valence-corrected chi connectivity index (χ1v) is 4.94. The van der Waals surface area contributed by atoms with Crippen LogP contribution in [0.3, 0.4) is 0 Å². The predicted octanol–water partition coefficient (Wildman–Crippen LogP) is 3.09. The van der Waals surface area contributed by atoms with Crippen LogP contribution in [0.15, 0.2) is 18.2 Å². The molecule has 0 saturated heterocycles. The summed E-state index contributed by atoms with van der Waals surface area (Å²) in [6.07, 6.45) is 0. The highest BCUT2D eigenvalue weighted by molar-refractivity contribution is 6.32. The Bertz CT molecular complexity index is 331. The Balaban J connectivity index is 3.03. The van der Waals surface area contributed by atoms with Crippen molar-refractivity contribution in [3.05, 3.63) is 28.8 Å². The van der Waals surface area contributed by atoms with Gasteiger partial charge in [0.05, 0.1) is 5.02 Å². The summed E-state index contributed by atoms with van der Waals surface area (Å²) in [6.45, 7) is 6.20. The second kappa shape index (κ2) is 3.79. The topological polar surface area (TPSA) is 46.2 Å². The third-order valence-corrected chi connectivity index (χ3v) is 2.57. The van der Waals surface area contributed by atoms with Crippen LogP contribution in [0.1, 0.15) is 32.4 Å². The molecule has 2 nitrogen and oxygen atoms in total. The van der Waals surface area contributed by atoms with Crippen LogP contribution < -0.4 is 5.73 Å². The van der Waals surface area contributed by atoms with Crippen molar-refractivity contribution in [2.45, 2.75) is 26.8 Å². The summed E-state index contributed by atoms with van der Waals surface area (Å²) in [6, 6.07) is 5.01. The maximum Gasteiger partial charge on any atom is 0.134 e. The van der Waals surface area contributed by atoms with Gasteiger partial charge in [-0.15, -0.1) is 0 Å². The lowest BCUT2D eigenvalue weighted by Crippen LogP contribution is -2.26. The number of nitrogens with two attached hydrogens (primary N) is 1. The first-order chi connectivity index (χ1) is 6.32. The maximum atomic E-state index is 9.26. The first kappa shape index (κ1) is 11.3. The van der Waals surface area contributed by atoms with Crippen LogP contribution in [0.2, 0.25) is 5.02 Å². The minimum Gasteiger partial charge on any atom is -0.506 e. The van der Waals surface area contributed by atoms with Gasteiger partial charge in [0.25, 0.3) is 0 Å². The van der Waals surface area contributed by atoms with Gasteiger partial charge in [-0.1, -0.05) is 38.4 Å². The molecule has 0 amide bonds. The van der Waals surface area contributed by atoms with Crippen molar-refractivity contribution in [2.75, 3.05) is 0 Å². The fourth-order valence-electron chi connectivity index (χ4n) is 1.22. The molecule has 1 unspecified atom stereocenters. The average molecular weight is 214 g/mol. The normalized spacial score (nSPS) is 14.1. The molecule has 1 aromatic rings. The molecule has 78 valence electrons. The first-order valence-electron chi connectivity index (χ1n) is 4.56. The smallest absolute Gasteiger partial charge is 0.134 e. The standard InChI is InChI=1S/C11H16ClNO/c1-11(2,3)10(13)7-4-5-9(14)8(12)6-7/h4-6,10,14H,13H2,1-3H3. The van der Waals surface area contributed by atoms with E-state index >= 15 is 0 Å². The maximum absolute atomic E-state index is 9.26. The quantitative estimate of drug-likeness (QED) is 0.753. The van der Waals surface area contributed by atoms with Crippen LogP contribution in [0, 0.1) is 5.41 Å². The number of hydrogen-bond acceptors (Lipinski definition) is 2. The molecule has 1 rings (SSSR count). The second-order valence-corrected chi connectivity index (χ2v) is 4.96. The molecule has 1 aromatic carbocycles. The molecule has 0 radical (unpaired) electrons. The molecule has 0 heterocycles. The zero-order valence-corrected chi connectivity index (χ0v) is 9.47. The van der Waals surface area contributed by atoms with Crippen molar-refractivity contribution < 1.29 is 5.11 Å². The van der Waals surface area contributed by atoms with E-state index in [1.54, 1.807) is 18.2 Å². The summed E-state index contributed by atoms with van der Waals surface area (Å²) in [5, 5.41) is 9.60. The van der Waals surface area contributed by atoms with E-state index in [-0.39, 0.29) is 17.2 Å². The van der Waals surface area contributed by atoms with Gasteiger partial charge in [0.1, 0.15) is 5.75 Å². The Labute approximate surface area is 89.7 Å². The highest BCUT2D eigenvalue weighted by atomic mass is 35.5. The zero-order chi connectivity index (χ0) is 10.9. The van der Waals surface area contributed by atoms with E-state index in [1.807, 2.05) is 0 Å². The summed E-state index contributed by atoms with van der Waals surface area (Å²) in [4.78, 5) is 0.